The van der Waals surface area contributed by atoms with E-state index in [1.54, 1.807) is 11.9 Å². The van der Waals surface area contributed by atoms with Gasteiger partial charge in [0.15, 0.2) is 0 Å². The molecule has 144 valence electrons. The van der Waals surface area contributed by atoms with Crippen LogP contribution in [-0.2, 0) is 22.6 Å². The van der Waals surface area contributed by atoms with Crippen LogP contribution in [0.5, 0.6) is 0 Å². The minimum absolute atomic E-state index is 0.0280. The highest BCUT2D eigenvalue weighted by Crippen LogP contribution is 2.17. The van der Waals surface area contributed by atoms with Crippen molar-refractivity contribution in [3.05, 3.63) is 70.3 Å². The Morgan fingerprint density at radius 3 is 2.22 bits per heavy atom. The minimum atomic E-state index is -0.478. The van der Waals surface area contributed by atoms with Crippen LogP contribution in [0.2, 0.25) is 0 Å². The molecule has 0 heterocycles. The van der Waals surface area contributed by atoms with E-state index in [2.05, 4.69) is 11.4 Å². The average molecular weight is 367 g/mol. The lowest BCUT2D eigenvalue weighted by Gasteiger charge is -2.30. The molecule has 0 saturated carbocycles. The molecule has 0 aliphatic carbocycles. The monoisotopic (exact) mass is 366 g/mol. The Bertz CT molecular complexity index is 797. The Kier molecular flexibility index (Phi) is 7.17. The van der Waals surface area contributed by atoms with E-state index < -0.39 is 6.04 Å². The van der Waals surface area contributed by atoms with E-state index in [4.69, 9.17) is 0 Å². The van der Waals surface area contributed by atoms with Gasteiger partial charge in [-0.2, -0.15) is 0 Å². The zero-order valence-electron chi connectivity index (χ0n) is 17.0. The SMILES string of the molecule is CCC(C(=O)NC)N(Cc1ccc(C)cc1)C(=O)Cc1cc(C)ccc1C. The van der Waals surface area contributed by atoms with Crippen LogP contribution in [0.1, 0.15) is 41.2 Å². The van der Waals surface area contributed by atoms with Gasteiger partial charge >= 0.3 is 0 Å². The van der Waals surface area contributed by atoms with Crippen molar-refractivity contribution in [2.24, 2.45) is 0 Å². The van der Waals surface area contributed by atoms with Gasteiger partial charge in [-0.1, -0.05) is 60.5 Å². The summed E-state index contributed by atoms with van der Waals surface area (Å²) in [6, 6.07) is 13.8. The molecule has 4 nitrogen and oxygen atoms in total. The van der Waals surface area contributed by atoms with Crippen molar-refractivity contribution in [3.63, 3.8) is 0 Å². The molecule has 2 aromatic carbocycles. The Morgan fingerprint density at radius 1 is 1.00 bits per heavy atom. The second-order valence-corrected chi connectivity index (χ2v) is 7.15. The zero-order chi connectivity index (χ0) is 20.0. The van der Waals surface area contributed by atoms with Crippen molar-refractivity contribution in [2.45, 2.75) is 53.1 Å². The van der Waals surface area contributed by atoms with Crippen LogP contribution < -0.4 is 5.32 Å². The molecule has 0 radical (unpaired) electrons. The number of likely N-dealkylation sites (N-methyl/N-ethyl adjacent to an activating group) is 1. The van der Waals surface area contributed by atoms with Gasteiger partial charge in [-0.25, -0.2) is 0 Å². The lowest BCUT2D eigenvalue weighted by Crippen LogP contribution is -2.48. The highest BCUT2D eigenvalue weighted by Gasteiger charge is 2.28. The summed E-state index contributed by atoms with van der Waals surface area (Å²) in [4.78, 5) is 27.3. The topological polar surface area (TPSA) is 49.4 Å². The Hall–Kier alpha value is -2.62. The number of carbonyl (C=O) groups excluding carboxylic acids is 2. The number of carbonyl (C=O) groups is 2. The van der Waals surface area contributed by atoms with Gasteiger partial charge in [-0.05, 0) is 43.9 Å². The number of amides is 2. The number of hydrogen-bond donors (Lipinski definition) is 1. The third kappa shape index (κ3) is 5.43. The second kappa shape index (κ2) is 9.36. The molecule has 2 amide bonds. The molecule has 0 aliphatic rings. The summed E-state index contributed by atoms with van der Waals surface area (Å²) in [5.41, 5.74) is 5.44. The van der Waals surface area contributed by atoms with Crippen LogP contribution in [0.4, 0.5) is 0 Å². The summed E-state index contributed by atoms with van der Waals surface area (Å²) < 4.78 is 0. The summed E-state index contributed by atoms with van der Waals surface area (Å²) in [6.45, 7) is 8.44. The molecule has 0 aromatic heterocycles. The van der Waals surface area contributed by atoms with E-state index >= 15 is 0 Å². The first-order chi connectivity index (χ1) is 12.8. The molecule has 0 bridgehead atoms. The molecule has 0 aliphatic heterocycles. The fourth-order valence-corrected chi connectivity index (χ4v) is 3.23. The molecule has 1 atom stereocenters. The van der Waals surface area contributed by atoms with E-state index in [0.717, 1.165) is 22.3 Å². The van der Waals surface area contributed by atoms with Crippen molar-refractivity contribution < 1.29 is 9.59 Å². The molecule has 2 rings (SSSR count). The van der Waals surface area contributed by atoms with Gasteiger partial charge in [0.25, 0.3) is 0 Å². The number of rotatable bonds is 7. The van der Waals surface area contributed by atoms with Crippen molar-refractivity contribution in [3.8, 4) is 0 Å². The fourth-order valence-electron chi connectivity index (χ4n) is 3.23. The van der Waals surface area contributed by atoms with Gasteiger partial charge in [0.2, 0.25) is 11.8 Å². The summed E-state index contributed by atoms with van der Waals surface area (Å²) >= 11 is 0. The average Bonchev–Trinajstić information content (AvgIpc) is 2.65. The highest BCUT2D eigenvalue weighted by atomic mass is 16.2. The maximum absolute atomic E-state index is 13.2. The fraction of sp³-hybridized carbons (Fsp3) is 0.391. The molecule has 1 unspecified atom stereocenters. The molecule has 2 aromatic rings. The number of hydrogen-bond acceptors (Lipinski definition) is 2. The first-order valence-corrected chi connectivity index (χ1v) is 9.48. The predicted molar refractivity (Wildman–Crippen MR) is 109 cm³/mol. The second-order valence-electron chi connectivity index (χ2n) is 7.15. The van der Waals surface area contributed by atoms with E-state index in [0.29, 0.717) is 19.4 Å². The van der Waals surface area contributed by atoms with E-state index in [9.17, 15) is 9.59 Å². The van der Waals surface area contributed by atoms with Crippen LogP contribution >= 0.6 is 0 Å². The van der Waals surface area contributed by atoms with Crippen molar-refractivity contribution in [1.82, 2.24) is 10.2 Å². The molecule has 0 spiro atoms. The lowest BCUT2D eigenvalue weighted by molar-refractivity contribution is -0.140. The number of aryl methyl sites for hydroxylation is 3. The van der Waals surface area contributed by atoms with Crippen LogP contribution in [0, 0.1) is 20.8 Å². The van der Waals surface area contributed by atoms with Gasteiger partial charge < -0.3 is 10.2 Å². The zero-order valence-corrected chi connectivity index (χ0v) is 17.0. The van der Waals surface area contributed by atoms with Gasteiger partial charge in [0.05, 0.1) is 6.42 Å². The Balaban J connectivity index is 2.31. The predicted octanol–water partition coefficient (Wildman–Crippen LogP) is 3.71. The van der Waals surface area contributed by atoms with Crippen LogP contribution in [0.25, 0.3) is 0 Å². The van der Waals surface area contributed by atoms with Gasteiger partial charge in [0, 0.05) is 13.6 Å². The molecule has 0 saturated heterocycles. The smallest absolute Gasteiger partial charge is 0.242 e. The third-order valence-corrected chi connectivity index (χ3v) is 4.95. The maximum Gasteiger partial charge on any atom is 0.242 e. The standard InChI is InChI=1S/C23H30N2O2/c1-6-21(23(27)24-5)25(15-19-11-8-16(2)9-12-19)22(26)14-20-13-17(3)7-10-18(20)4/h7-13,21H,6,14-15H2,1-5H3,(H,24,27). The van der Waals surface area contributed by atoms with Crippen LogP contribution in [0.15, 0.2) is 42.5 Å². The molecule has 4 heteroatoms. The number of nitrogens with zero attached hydrogens (tertiary/aromatic N) is 1. The number of benzene rings is 2. The quantitative estimate of drug-likeness (QED) is 0.812. The molecular weight excluding hydrogens is 336 g/mol. The van der Waals surface area contributed by atoms with E-state index in [1.165, 1.54) is 5.56 Å². The summed E-state index contributed by atoms with van der Waals surface area (Å²) in [6.07, 6.45) is 0.872. The van der Waals surface area contributed by atoms with Gasteiger partial charge in [-0.15, -0.1) is 0 Å². The first kappa shape index (κ1) is 20.7. The molecule has 27 heavy (non-hydrogen) atoms. The lowest BCUT2D eigenvalue weighted by atomic mass is 10.0. The Labute approximate surface area is 162 Å². The Morgan fingerprint density at radius 2 is 1.63 bits per heavy atom. The summed E-state index contributed by atoms with van der Waals surface area (Å²) in [7, 11) is 1.62. The minimum Gasteiger partial charge on any atom is -0.357 e. The normalized spacial score (nSPS) is 11.7. The van der Waals surface area contributed by atoms with Crippen LogP contribution in [-0.4, -0.2) is 29.8 Å². The van der Waals surface area contributed by atoms with Crippen molar-refractivity contribution in [1.29, 1.82) is 0 Å². The van der Waals surface area contributed by atoms with Gasteiger partial charge in [-0.3, -0.25) is 9.59 Å². The molecule has 1 N–H and O–H groups in total. The van der Waals surface area contributed by atoms with Crippen molar-refractivity contribution >= 4 is 11.8 Å². The van der Waals surface area contributed by atoms with Crippen molar-refractivity contribution in [2.75, 3.05) is 7.05 Å². The van der Waals surface area contributed by atoms with Crippen LogP contribution in [0.3, 0.4) is 0 Å². The maximum atomic E-state index is 13.2. The largest absolute Gasteiger partial charge is 0.357 e. The molecular formula is C23H30N2O2. The summed E-state index contributed by atoms with van der Waals surface area (Å²) in [5.74, 6) is -0.154. The van der Waals surface area contributed by atoms with Gasteiger partial charge in [0.1, 0.15) is 6.04 Å². The number of nitrogens with one attached hydrogen (secondary N) is 1. The third-order valence-electron chi connectivity index (χ3n) is 4.95. The molecule has 0 fully saturated rings. The van der Waals surface area contributed by atoms with E-state index in [1.807, 2.05) is 64.1 Å². The highest BCUT2D eigenvalue weighted by molar-refractivity contribution is 5.88. The summed E-state index contributed by atoms with van der Waals surface area (Å²) in [5, 5.41) is 2.70. The van der Waals surface area contributed by atoms with E-state index in [-0.39, 0.29) is 11.8 Å². The first-order valence-electron chi connectivity index (χ1n) is 9.48.